The molecule has 6 rings (SSSR count). The van der Waals surface area contributed by atoms with Crippen molar-refractivity contribution in [2.45, 2.75) is 19.3 Å². The Bertz CT molecular complexity index is 1300. The van der Waals surface area contributed by atoms with Gasteiger partial charge in [0.2, 0.25) is 0 Å². The summed E-state index contributed by atoms with van der Waals surface area (Å²) in [5, 5.41) is 11.7. The summed E-state index contributed by atoms with van der Waals surface area (Å²) in [4.78, 5) is 31.6. The molecule has 8 nitrogen and oxygen atoms in total. The Morgan fingerprint density at radius 2 is 2.09 bits per heavy atom. The molecule has 2 aliphatic rings. The lowest BCUT2D eigenvalue weighted by Gasteiger charge is -2.33. The maximum absolute atomic E-state index is 13.1. The highest BCUT2D eigenvalue weighted by atomic mass is 16.3. The normalized spacial score (nSPS) is 19.5. The van der Waals surface area contributed by atoms with Gasteiger partial charge in [0.15, 0.2) is 11.3 Å². The van der Waals surface area contributed by atoms with E-state index in [4.69, 9.17) is 4.42 Å². The Morgan fingerprint density at radius 1 is 1.22 bits per heavy atom. The molecule has 1 aliphatic carbocycles. The fourth-order valence-corrected chi connectivity index (χ4v) is 5.11. The number of carbonyl (C=O) groups excluding carboxylic acids is 2. The predicted molar refractivity (Wildman–Crippen MR) is 118 cm³/mol. The van der Waals surface area contributed by atoms with Gasteiger partial charge in [-0.3, -0.25) is 19.7 Å². The minimum absolute atomic E-state index is 0.0664. The molecule has 1 spiro atoms. The lowest BCUT2D eigenvalue weighted by atomic mass is 9.90. The first-order valence-electron chi connectivity index (χ1n) is 11.0. The van der Waals surface area contributed by atoms with Crippen molar-refractivity contribution >= 4 is 33.7 Å². The third-order valence-electron chi connectivity index (χ3n) is 7.18. The van der Waals surface area contributed by atoms with Crippen LogP contribution < -0.4 is 5.32 Å². The van der Waals surface area contributed by atoms with E-state index in [-0.39, 0.29) is 17.2 Å². The molecule has 0 radical (unpaired) electrons. The average Bonchev–Trinajstić information content (AvgIpc) is 3.18. The van der Waals surface area contributed by atoms with Crippen LogP contribution in [0.1, 0.15) is 40.2 Å². The lowest BCUT2D eigenvalue weighted by Crippen LogP contribution is -2.40. The van der Waals surface area contributed by atoms with Crippen molar-refractivity contribution in [2.24, 2.45) is 11.3 Å². The van der Waals surface area contributed by atoms with Gasteiger partial charge in [0, 0.05) is 36.6 Å². The Labute approximate surface area is 184 Å². The van der Waals surface area contributed by atoms with Crippen molar-refractivity contribution in [2.75, 3.05) is 19.6 Å². The maximum atomic E-state index is 13.1. The van der Waals surface area contributed by atoms with Gasteiger partial charge >= 0.3 is 0 Å². The summed E-state index contributed by atoms with van der Waals surface area (Å²) in [6.45, 7) is 2.12. The molecule has 2 N–H and O–H groups in total. The van der Waals surface area contributed by atoms with Crippen LogP contribution in [0.3, 0.4) is 0 Å². The topological polar surface area (TPSA) is 104 Å². The summed E-state index contributed by atoms with van der Waals surface area (Å²) in [7, 11) is 0. The van der Waals surface area contributed by atoms with Gasteiger partial charge in [0.25, 0.3) is 11.8 Å². The van der Waals surface area contributed by atoms with Crippen molar-refractivity contribution in [3.8, 4) is 0 Å². The molecule has 8 heteroatoms. The fourth-order valence-electron chi connectivity index (χ4n) is 5.11. The second-order valence-electron chi connectivity index (χ2n) is 8.93. The molecular weight excluding hydrogens is 406 g/mol. The number of hydrogen-bond acceptors (Lipinski definition) is 5. The summed E-state index contributed by atoms with van der Waals surface area (Å²) >= 11 is 0. The van der Waals surface area contributed by atoms with Gasteiger partial charge in [-0.2, -0.15) is 5.10 Å². The molecule has 1 saturated heterocycles. The summed E-state index contributed by atoms with van der Waals surface area (Å²) in [5.41, 5.74) is 2.43. The van der Waals surface area contributed by atoms with Gasteiger partial charge in [0.1, 0.15) is 0 Å². The summed E-state index contributed by atoms with van der Waals surface area (Å²) < 4.78 is 5.60. The number of likely N-dealkylation sites (tertiary alicyclic amines) is 1. The summed E-state index contributed by atoms with van der Waals surface area (Å²) in [5.74, 6) is 0.643. The lowest BCUT2D eigenvalue weighted by molar-refractivity contribution is 0.0670. The number of nitrogens with zero attached hydrogens (tertiary/aromatic N) is 3. The van der Waals surface area contributed by atoms with Crippen molar-refractivity contribution in [1.29, 1.82) is 0 Å². The van der Waals surface area contributed by atoms with E-state index in [1.54, 1.807) is 24.7 Å². The van der Waals surface area contributed by atoms with E-state index in [0.717, 1.165) is 48.6 Å². The molecule has 2 amide bonds. The Kier molecular flexibility index (Phi) is 4.28. The van der Waals surface area contributed by atoms with Crippen LogP contribution in [0.2, 0.25) is 0 Å². The van der Waals surface area contributed by atoms with Gasteiger partial charge in [0.05, 0.1) is 23.5 Å². The first-order chi connectivity index (χ1) is 15.6. The smallest absolute Gasteiger partial charge is 0.287 e. The molecule has 32 heavy (non-hydrogen) atoms. The molecular formula is C24H23N5O3. The highest BCUT2D eigenvalue weighted by Gasteiger charge is 2.54. The SMILES string of the molecule is O=C(NCC1CC12CCN(C(=O)c1cccc3[nH]ncc13)CC2)c1cc2ccncc2o1. The molecule has 1 unspecified atom stereocenters. The molecule has 1 aliphatic heterocycles. The van der Waals surface area contributed by atoms with Crippen LogP contribution in [0.25, 0.3) is 21.9 Å². The van der Waals surface area contributed by atoms with Gasteiger partial charge in [-0.1, -0.05) is 6.07 Å². The standard InChI is InChI=1S/C24H23N5O3/c30-22(20-10-15-4-7-25-14-21(15)32-20)26-12-16-11-24(16)5-8-29(9-6-24)23(31)17-2-1-3-19-18(17)13-27-28-19/h1-4,7,10,13-14,16H,5-6,8-9,11-12H2,(H,26,30)(H,27,28). The van der Waals surface area contributed by atoms with Crippen molar-refractivity contribution < 1.29 is 14.0 Å². The van der Waals surface area contributed by atoms with Crippen LogP contribution in [0.4, 0.5) is 0 Å². The number of piperidine rings is 1. The summed E-state index contributed by atoms with van der Waals surface area (Å²) in [6, 6.07) is 9.26. The number of hydrogen-bond donors (Lipinski definition) is 2. The van der Waals surface area contributed by atoms with E-state index in [9.17, 15) is 9.59 Å². The zero-order valence-electron chi connectivity index (χ0n) is 17.5. The molecule has 1 aromatic carbocycles. The number of pyridine rings is 1. The molecule has 162 valence electrons. The number of H-pyrrole nitrogens is 1. The Balaban J connectivity index is 1.05. The fraction of sp³-hybridized carbons (Fsp3) is 0.333. The summed E-state index contributed by atoms with van der Waals surface area (Å²) in [6.07, 6.45) is 8.04. The van der Waals surface area contributed by atoms with E-state index in [1.165, 1.54) is 0 Å². The van der Waals surface area contributed by atoms with Crippen LogP contribution in [-0.4, -0.2) is 51.5 Å². The van der Waals surface area contributed by atoms with E-state index in [2.05, 4.69) is 20.5 Å². The van der Waals surface area contributed by atoms with Crippen LogP contribution >= 0.6 is 0 Å². The maximum Gasteiger partial charge on any atom is 0.287 e. The number of benzene rings is 1. The Morgan fingerprint density at radius 3 is 2.94 bits per heavy atom. The second kappa shape index (κ2) is 7.19. The number of aromatic nitrogens is 3. The predicted octanol–water partition coefficient (Wildman–Crippen LogP) is 3.38. The molecule has 1 atom stereocenters. The molecule has 2 fully saturated rings. The second-order valence-corrected chi connectivity index (χ2v) is 8.93. The first kappa shape index (κ1) is 19.0. The molecule has 1 saturated carbocycles. The largest absolute Gasteiger partial charge is 0.449 e. The van der Waals surface area contributed by atoms with Crippen LogP contribution in [0, 0.1) is 11.3 Å². The third kappa shape index (κ3) is 3.14. The van der Waals surface area contributed by atoms with Crippen LogP contribution in [0.15, 0.2) is 53.3 Å². The minimum atomic E-state index is -0.191. The quantitative estimate of drug-likeness (QED) is 0.518. The highest BCUT2D eigenvalue weighted by molar-refractivity contribution is 6.06. The van der Waals surface area contributed by atoms with E-state index >= 15 is 0 Å². The van der Waals surface area contributed by atoms with Gasteiger partial charge in [-0.15, -0.1) is 0 Å². The minimum Gasteiger partial charge on any atom is -0.449 e. The number of aromatic amines is 1. The van der Waals surface area contributed by atoms with E-state index in [0.29, 0.717) is 29.4 Å². The van der Waals surface area contributed by atoms with Crippen LogP contribution in [-0.2, 0) is 0 Å². The van der Waals surface area contributed by atoms with Crippen molar-refractivity contribution in [3.05, 3.63) is 60.2 Å². The van der Waals surface area contributed by atoms with Gasteiger partial charge < -0.3 is 14.6 Å². The number of furan rings is 1. The number of fused-ring (bicyclic) bond motifs is 2. The number of nitrogens with one attached hydrogen (secondary N) is 2. The van der Waals surface area contributed by atoms with Crippen LogP contribution in [0.5, 0.6) is 0 Å². The van der Waals surface area contributed by atoms with E-state index in [1.807, 2.05) is 29.2 Å². The van der Waals surface area contributed by atoms with Crippen molar-refractivity contribution in [1.82, 2.24) is 25.4 Å². The first-order valence-corrected chi connectivity index (χ1v) is 11.0. The molecule has 0 bridgehead atoms. The zero-order valence-corrected chi connectivity index (χ0v) is 17.5. The molecule has 3 aromatic heterocycles. The monoisotopic (exact) mass is 429 g/mol. The number of carbonyl (C=O) groups is 2. The highest BCUT2D eigenvalue weighted by Crippen LogP contribution is 2.59. The number of amides is 2. The van der Waals surface area contributed by atoms with Gasteiger partial charge in [-0.05, 0) is 54.9 Å². The number of rotatable bonds is 4. The average molecular weight is 429 g/mol. The van der Waals surface area contributed by atoms with Gasteiger partial charge in [-0.25, -0.2) is 0 Å². The molecule has 4 aromatic rings. The third-order valence-corrected chi connectivity index (χ3v) is 7.18. The Hall–Kier alpha value is -3.68. The molecule has 4 heterocycles. The van der Waals surface area contributed by atoms with E-state index < -0.39 is 0 Å². The zero-order chi connectivity index (χ0) is 21.7. The van der Waals surface area contributed by atoms with Crippen molar-refractivity contribution in [3.63, 3.8) is 0 Å².